The fourth-order valence-corrected chi connectivity index (χ4v) is 2.81. The molecule has 0 bridgehead atoms. The summed E-state index contributed by atoms with van der Waals surface area (Å²) < 4.78 is 14.0. The maximum absolute atomic E-state index is 12.9. The van der Waals surface area contributed by atoms with Crippen molar-refractivity contribution in [1.82, 2.24) is 5.43 Å². The first-order chi connectivity index (χ1) is 12.3. The molecule has 0 aliphatic rings. The van der Waals surface area contributed by atoms with Gasteiger partial charge < -0.3 is 5.32 Å². The van der Waals surface area contributed by atoms with Crippen LogP contribution in [-0.4, -0.2) is 17.5 Å². The van der Waals surface area contributed by atoms with Crippen LogP contribution < -0.4 is 10.7 Å². The van der Waals surface area contributed by atoms with E-state index >= 15 is 0 Å². The van der Waals surface area contributed by atoms with Crippen molar-refractivity contribution in [3.63, 3.8) is 0 Å². The van der Waals surface area contributed by atoms with Crippen LogP contribution in [0, 0.1) is 16.3 Å². The minimum Gasteiger partial charge on any atom is -0.326 e. The number of halogens is 2. The minimum atomic E-state index is -0.360. The van der Waals surface area contributed by atoms with Gasteiger partial charge in [-0.05, 0) is 77.9 Å². The molecule has 7 heteroatoms. The van der Waals surface area contributed by atoms with Crippen LogP contribution in [0.2, 0.25) is 0 Å². The number of aryl methyl sites for hydroxylation is 1. The number of hydrogen-bond donors (Lipinski definition) is 2. The molecule has 2 N–H and O–H groups in total. The number of amides is 2. The Morgan fingerprint density at radius 2 is 1.73 bits per heavy atom. The molecule has 0 radical (unpaired) electrons. The molecule has 136 valence electrons. The van der Waals surface area contributed by atoms with Crippen molar-refractivity contribution >= 4 is 45.8 Å². The van der Waals surface area contributed by atoms with Crippen molar-refractivity contribution in [1.29, 1.82) is 0 Å². The van der Waals surface area contributed by atoms with Crippen LogP contribution in [0.1, 0.15) is 30.9 Å². The molecule has 0 unspecified atom stereocenters. The van der Waals surface area contributed by atoms with Gasteiger partial charge >= 0.3 is 0 Å². The van der Waals surface area contributed by atoms with Gasteiger partial charge in [-0.3, -0.25) is 9.59 Å². The van der Waals surface area contributed by atoms with E-state index in [0.717, 1.165) is 14.8 Å². The summed E-state index contributed by atoms with van der Waals surface area (Å²) in [6, 6.07) is 11.5. The lowest BCUT2D eigenvalue weighted by atomic mass is 10.1. The zero-order valence-electron chi connectivity index (χ0n) is 14.5. The summed E-state index contributed by atoms with van der Waals surface area (Å²) in [6.07, 6.45) is 0.0812. The van der Waals surface area contributed by atoms with E-state index in [2.05, 4.69) is 38.4 Å². The predicted octanol–water partition coefficient (Wildman–Crippen LogP) is 4.00. The van der Waals surface area contributed by atoms with Crippen LogP contribution in [0.3, 0.4) is 0 Å². The molecule has 2 aromatic rings. The standard InChI is InChI=1S/C19H19FIN3O2/c1-12-11-16(21)7-8-17(12)22-18(25)9-10-19(26)24-23-13(2)14-3-5-15(20)6-4-14/h3-8,11H,9-10H2,1-2H3,(H,22,25)(H,24,26)/b23-13+. The first kappa shape index (κ1) is 20.0. The van der Waals surface area contributed by atoms with Crippen LogP contribution in [0.15, 0.2) is 47.6 Å². The van der Waals surface area contributed by atoms with Gasteiger partial charge in [-0.15, -0.1) is 0 Å². The van der Waals surface area contributed by atoms with Crippen molar-refractivity contribution in [2.75, 3.05) is 5.32 Å². The molecule has 2 rings (SSSR count). The Bertz CT molecular complexity index is 835. The van der Waals surface area contributed by atoms with E-state index in [4.69, 9.17) is 0 Å². The highest BCUT2D eigenvalue weighted by Crippen LogP contribution is 2.18. The summed E-state index contributed by atoms with van der Waals surface area (Å²) in [5.41, 5.74) is 5.37. The summed E-state index contributed by atoms with van der Waals surface area (Å²) in [5.74, 6) is -0.926. The third-order valence-corrected chi connectivity index (χ3v) is 4.32. The van der Waals surface area contributed by atoms with Crippen LogP contribution >= 0.6 is 22.6 Å². The average Bonchev–Trinajstić information content (AvgIpc) is 2.61. The van der Waals surface area contributed by atoms with Gasteiger partial charge in [-0.1, -0.05) is 12.1 Å². The second-order valence-electron chi connectivity index (χ2n) is 5.75. The Morgan fingerprint density at radius 3 is 2.38 bits per heavy atom. The fourth-order valence-electron chi connectivity index (χ4n) is 2.16. The number of hydrogen-bond acceptors (Lipinski definition) is 3. The van der Waals surface area contributed by atoms with Crippen molar-refractivity contribution in [3.8, 4) is 0 Å². The second-order valence-corrected chi connectivity index (χ2v) is 6.99. The number of nitrogens with one attached hydrogen (secondary N) is 2. The van der Waals surface area contributed by atoms with Gasteiger partial charge in [-0.25, -0.2) is 9.82 Å². The first-order valence-electron chi connectivity index (χ1n) is 8.00. The monoisotopic (exact) mass is 467 g/mol. The van der Waals surface area contributed by atoms with Crippen molar-refractivity contribution in [2.24, 2.45) is 5.10 Å². The van der Waals surface area contributed by atoms with Gasteiger partial charge in [0.15, 0.2) is 0 Å². The maximum atomic E-state index is 12.9. The largest absolute Gasteiger partial charge is 0.326 e. The number of nitrogens with zero attached hydrogens (tertiary/aromatic N) is 1. The van der Waals surface area contributed by atoms with Crippen LogP contribution in [0.25, 0.3) is 0 Å². The number of hydrazone groups is 1. The Balaban J connectivity index is 1.81. The van der Waals surface area contributed by atoms with Crippen LogP contribution in [0.5, 0.6) is 0 Å². The van der Waals surface area contributed by atoms with Crippen molar-refractivity contribution in [2.45, 2.75) is 26.7 Å². The summed E-state index contributed by atoms with van der Waals surface area (Å²) in [6.45, 7) is 3.62. The molecule has 2 aromatic carbocycles. The van der Waals surface area contributed by atoms with E-state index in [1.165, 1.54) is 12.1 Å². The molecule has 0 atom stereocenters. The molecule has 5 nitrogen and oxygen atoms in total. The maximum Gasteiger partial charge on any atom is 0.240 e. The lowest BCUT2D eigenvalue weighted by molar-refractivity contribution is -0.124. The number of carbonyl (C=O) groups excluding carboxylic acids is 2. The van der Waals surface area contributed by atoms with Crippen LogP contribution in [-0.2, 0) is 9.59 Å². The SMILES string of the molecule is C/C(=N\NC(=O)CCC(=O)Nc1ccc(I)cc1C)c1ccc(F)cc1. The molecular formula is C19H19FIN3O2. The first-order valence-corrected chi connectivity index (χ1v) is 9.08. The van der Waals surface area contributed by atoms with Gasteiger partial charge in [0.2, 0.25) is 11.8 Å². The van der Waals surface area contributed by atoms with Crippen molar-refractivity contribution < 1.29 is 14.0 Å². The Labute approximate surface area is 165 Å². The smallest absolute Gasteiger partial charge is 0.240 e. The summed E-state index contributed by atoms with van der Waals surface area (Å²) >= 11 is 2.20. The lowest BCUT2D eigenvalue weighted by Gasteiger charge is -2.08. The minimum absolute atomic E-state index is 0.0233. The molecule has 0 saturated carbocycles. The molecule has 0 aromatic heterocycles. The normalized spacial score (nSPS) is 11.2. The van der Waals surface area contributed by atoms with Crippen LogP contribution in [0.4, 0.5) is 10.1 Å². The molecule has 26 heavy (non-hydrogen) atoms. The Morgan fingerprint density at radius 1 is 1.08 bits per heavy atom. The lowest BCUT2D eigenvalue weighted by Crippen LogP contribution is -2.22. The zero-order valence-corrected chi connectivity index (χ0v) is 16.6. The molecule has 0 aliphatic carbocycles. The van der Waals surface area contributed by atoms with Gasteiger partial charge in [0.1, 0.15) is 5.82 Å². The molecule has 0 fully saturated rings. The summed E-state index contributed by atoms with van der Waals surface area (Å²) in [4.78, 5) is 23.8. The highest BCUT2D eigenvalue weighted by Gasteiger charge is 2.09. The highest BCUT2D eigenvalue weighted by atomic mass is 127. The summed E-state index contributed by atoms with van der Waals surface area (Å²) in [7, 11) is 0. The second kappa shape index (κ2) is 9.42. The fraction of sp³-hybridized carbons (Fsp3) is 0.211. The Kier molecular flexibility index (Phi) is 7.26. The molecule has 0 heterocycles. The summed E-state index contributed by atoms with van der Waals surface area (Å²) in [5, 5.41) is 6.77. The molecule has 2 amide bonds. The van der Waals surface area contributed by atoms with E-state index in [9.17, 15) is 14.0 Å². The highest BCUT2D eigenvalue weighted by molar-refractivity contribution is 14.1. The average molecular weight is 467 g/mol. The third kappa shape index (κ3) is 6.21. The van der Waals surface area contributed by atoms with Gasteiger partial charge in [0.25, 0.3) is 0 Å². The molecule has 0 aliphatic heterocycles. The molecular weight excluding hydrogens is 448 g/mol. The van der Waals surface area contributed by atoms with Gasteiger partial charge in [0.05, 0.1) is 5.71 Å². The predicted molar refractivity (Wildman–Crippen MR) is 109 cm³/mol. The zero-order chi connectivity index (χ0) is 19.1. The number of anilines is 1. The molecule has 0 spiro atoms. The number of carbonyl (C=O) groups is 2. The molecule has 0 saturated heterocycles. The number of rotatable bonds is 6. The van der Waals surface area contributed by atoms with Gasteiger partial charge in [0, 0.05) is 22.1 Å². The third-order valence-electron chi connectivity index (χ3n) is 3.65. The quantitative estimate of drug-likeness (QED) is 0.383. The van der Waals surface area contributed by atoms with Gasteiger partial charge in [-0.2, -0.15) is 5.10 Å². The number of benzene rings is 2. The Hall–Kier alpha value is -2.29. The van der Waals surface area contributed by atoms with Crippen molar-refractivity contribution in [3.05, 3.63) is 63.0 Å². The van der Waals surface area contributed by atoms with E-state index in [0.29, 0.717) is 11.3 Å². The van der Waals surface area contributed by atoms with E-state index < -0.39 is 0 Å². The van der Waals surface area contributed by atoms with E-state index in [1.807, 2.05) is 25.1 Å². The van der Waals surface area contributed by atoms with E-state index in [1.54, 1.807) is 19.1 Å². The van der Waals surface area contributed by atoms with E-state index in [-0.39, 0.29) is 30.5 Å². The topological polar surface area (TPSA) is 70.6 Å².